The number of carbonyl (C=O) groups excluding carboxylic acids is 3. The van der Waals surface area contributed by atoms with Crippen molar-refractivity contribution in [1.82, 2.24) is 14.8 Å². The van der Waals surface area contributed by atoms with E-state index in [-0.39, 0.29) is 24.2 Å². The third-order valence-corrected chi connectivity index (χ3v) is 6.83. The number of nitrogens with one attached hydrogen (secondary N) is 1. The van der Waals surface area contributed by atoms with Crippen LogP contribution in [0.25, 0.3) is 5.69 Å². The lowest BCUT2D eigenvalue weighted by Crippen LogP contribution is -2.54. The van der Waals surface area contributed by atoms with Gasteiger partial charge in [0.1, 0.15) is 5.54 Å². The number of rotatable bonds is 4. The molecule has 1 saturated carbocycles. The predicted octanol–water partition coefficient (Wildman–Crippen LogP) is 4.09. The zero-order valence-electron chi connectivity index (χ0n) is 18.1. The highest BCUT2D eigenvalue weighted by atomic mass is 16.2. The quantitative estimate of drug-likeness (QED) is 0.613. The third kappa shape index (κ3) is 3.15. The van der Waals surface area contributed by atoms with Gasteiger partial charge in [0.15, 0.2) is 5.78 Å². The molecule has 4 rings (SSSR count). The van der Waals surface area contributed by atoms with Gasteiger partial charge in [-0.1, -0.05) is 37.5 Å². The summed E-state index contributed by atoms with van der Waals surface area (Å²) >= 11 is 0. The maximum atomic E-state index is 13.2. The van der Waals surface area contributed by atoms with Crippen molar-refractivity contribution in [3.63, 3.8) is 0 Å². The molecule has 1 saturated heterocycles. The smallest absolute Gasteiger partial charge is 0.323 e. The molecule has 2 heterocycles. The molecule has 1 aliphatic heterocycles. The summed E-state index contributed by atoms with van der Waals surface area (Å²) in [5, 5.41) is 2.92. The molecular formula is C24H29N3O3. The van der Waals surface area contributed by atoms with Crippen LogP contribution in [-0.4, -0.2) is 39.3 Å². The van der Waals surface area contributed by atoms with E-state index in [4.69, 9.17) is 0 Å². The van der Waals surface area contributed by atoms with E-state index >= 15 is 0 Å². The zero-order chi connectivity index (χ0) is 21.6. The molecule has 0 unspecified atom stereocenters. The van der Waals surface area contributed by atoms with Crippen molar-refractivity contribution in [2.45, 2.75) is 58.9 Å². The second-order valence-electron chi connectivity index (χ2n) is 8.82. The van der Waals surface area contributed by atoms with Crippen molar-refractivity contribution in [1.29, 1.82) is 0 Å². The Hall–Kier alpha value is -2.89. The first-order valence-corrected chi connectivity index (χ1v) is 10.7. The molecule has 1 N–H and O–H groups in total. The van der Waals surface area contributed by atoms with E-state index in [9.17, 15) is 14.4 Å². The van der Waals surface area contributed by atoms with Crippen LogP contribution in [0.4, 0.5) is 4.79 Å². The van der Waals surface area contributed by atoms with Gasteiger partial charge in [-0.15, -0.1) is 0 Å². The third-order valence-electron chi connectivity index (χ3n) is 6.83. The molecule has 30 heavy (non-hydrogen) atoms. The van der Waals surface area contributed by atoms with Crippen LogP contribution in [0.15, 0.2) is 30.3 Å². The number of carbonyl (C=O) groups is 3. The summed E-state index contributed by atoms with van der Waals surface area (Å²) in [5.74, 6) is -0.389. The van der Waals surface area contributed by atoms with Gasteiger partial charge in [-0.25, -0.2) is 4.79 Å². The summed E-state index contributed by atoms with van der Waals surface area (Å²) < 4.78 is 2.03. The molecule has 1 aliphatic carbocycles. The molecule has 158 valence electrons. The Kier molecular flexibility index (Phi) is 5.04. The Bertz CT molecular complexity index is 1020. The molecule has 3 amide bonds. The molecule has 6 heteroatoms. The Morgan fingerprint density at radius 3 is 2.50 bits per heavy atom. The van der Waals surface area contributed by atoms with E-state index in [1.165, 1.54) is 5.56 Å². The van der Waals surface area contributed by atoms with Gasteiger partial charge in [0.05, 0.1) is 6.54 Å². The largest absolute Gasteiger partial charge is 0.325 e. The number of aromatic nitrogens is 1. The van der Waals surface area contributed by atoms with Crippen molar-refractivity contribution >= 4 is 17.7 Å². The number of urea groups is 1. The average molecular weight is 408 g/mol. The SMILES string of the molecule is Cc1ccc(-n2c(C)cc(C(=O)CN3C(=O)N[C@@]4(CCCC[C@H]4C)C3=O)c2C)cc1. The predicted molar refractivity (Wildman–Crippen MR) is 115 cm³/mol. The van der Waals surface area contributed by atoms with Crippen LogP contribution in [0.1, 0.15) is 59.9 Å². The maximum absolute atomic E-state index is 13.2. The summed E-state index contributed by atoms with van der Waals surface area (Å²) in [4.78, 5) is 40.0. The van der Waals surface area contributed by atoms with Crippen LogP contribution in [0.5, 0.6) is 0 Å². The highest BCUT2D eigenvalue weighted by Crippen LogP contribution is 2.38. The van der Waals surface area contributed by atoms with Crippen LogP contribution in [0.2, 0.25) is 0 Å². The van der Waals surface area contributed by atoms with Gasteiger partial charge in [0.25, 0.3) is 5.91 Å². The molecule has 2 atom stereocenters. The monoisotopic (exact) mass is 407 g/mol. The van der Waals surface area contributed by atoms with Crippen LogP contribution in [0.3, 0.4) is 0 Å². The fourth-order valence-corrected chi connectivity index (χ4v) is 5.00. The van der Waals surface area contributed by atoms with E-state index in [1.54, 1.807) is 0 Å². The van der Waals surface area contributed by atoms with E-state index in [2.05, 4.69) is 5.32 Å². The highest BCUT2D eigenvalue weighted by molar-refractivity contribution is 6.11. The van der Waals surface area contributed by atoms with Gasteiger partial charge < -0.3 is 9.88 Å². The summed E-state index contributed by atoms with van der Waals surface area (Å²) in [6.45, 7) is 7.67. The van der Waals surface area contributed by atoms with Gasteiger partial charge in [-0.05, 0) is 57.7 Å². The Morgan fingerprint density at radius 1 is 1.13 bits per heavy atom. The fraction of sp³-hybridized carbons (Fsp3) is 0.458. The minimum absolute atomic E-state index is 0.0782. The van der Waals surface area contributed by atoms with E-state index in [0.717, 1.165) is 41.2 Å². The second-order valence-corrected chi connectivity index (χ2v) is 8.82. The van der Waals surface area contributed by atoms with Gasteiger partial charge in [0, 0.05) is 22.6 Å². The minimum atomic E-state index is -0.839. The second kappa shape index (κ2) is 7.42. The van der Waals surface area contributed by atoms with E-state index < -0.39 is 11.6 Å². The number of Topliss-reactive ketones (excluding diaryl/α,β-unsaturated/α-hetero) is 1. The topological polar surface area (TPSA) is 71.4 Å². The lowest BCUT2D eigenvalue weighted by Gasteiger charge is -2.36. The first-order valence-electron chi connectivity index (χ1n) is 10.7. The fourth-order valence-electron chi connectivity index (χ4n) is 5.00. The number of hydrogen-bond acceptors (Lipinski definition) is 3. The first-order chi connectivity index (χ1) is 14.2. The Morgan fingerprint density at radius 2 is 1.83 bits per heavy atom. The number of benzene rings is 1. The van der Waals surface area contributed by atoms with Crippen molar-refractivity contribution in [3.8, 4) is 5.69 Å². The van der Waals surface area contributed by atoms with Crippen molar-refractivity contribution < 1.29 is 14.4 Å². The van der Waals surface area contributed by atoms with Crippen LogP contribution >= 0.6 is 0 Å². The lowest BCUT2D eigenvalue weighted by atomic mass is 9.73. The molecule has 1 spiro atoms. The highest BCUT2D eigenvalue weighted by Gasteiger charge is 2.55. The first kappa shape index (κ1) is 20.4. The Balaban J connectivity index is 1.59. The molecule has 0 bridgehead atoms. The minimum Gasteiger partial charge on any atom is -0.323 e. The average Bonchev–Trinajstić information content (AvgIpc) is 3.13. The maximum Gasteiger partial charge on any atom is 0.325 e. The number of hydrogen-bond donors (Lipinski definition) is 1. The van der Waals surface area contributed by atoms with E-state index in [0.29, 0.717) is 12.0 Å². The van der Waals surface area contributed by atoms with Crippen LogP contribution < -0.4 is 5.32 Å². The van der Waals surface area contributed by atoms with Crippen molar-refractivity contribution in [2.75, 3.05) is 6.54 Å². The zero-order valence-corrected chi connectivity index (χ0v) is 18.1. The molecule has 0 radical (unpaired) electrons. The molecule has 2 aromatic rings. The summed E-state index contributed by atoms with van der Waals surface area (Å²) in [7, 11) is 0. The number of aryl methyl sites for hydroxylation is 2. The van der Waals surface area contributed by atoms with Gasteiger partial charge in [-0.3, -0.25) is 14.5 Å². The molecule has 2 fully saturated rings. The van der Waals surface area contributed by atoms with Gasteiger partial charge >= 0.3 is 6.03 Å². The molecule has 1 aromatic heterocycles. The summed E-state index contributed by atoms with van der Waals surface area (Å²) in [6, 6.07) is 9.51. The molecular weight excluding hydrogens is 378 g/mol. The number of nitrogens with zero attached hydrogens (tertiary/aromatic N) is 2. The van der Waals surface area contributed by atoms with Crippen LogP contribution in [0, 0.1) is 26.7 Å². The van der Waals surface area contributed by atoms with Crippen molar-refractivity contribution in [3.05, 3.63) is 52.8 Å². The van der Waals surface area contributed by atoms with Crippen molar-refractivity contribution in [2.24, 2.45) is 5.92 Å². The van der Waals surface area contributed by atoms with E-state index in [1.807, 2.05) is 62.6 Å². The summed E-state index contributed by atoms with van der Waals surface area (Å²) in [6.07, 6.45) is 3.53. The van der Waals surface area contributed by atoms with Gasteiger partial charge in [-0.2, -0.15) is 0 Å². The molecule has 2 aliphatic rings. The molecule has 6 nitrogen and oxygen atoms in total. The summed E-state index contributed by atoms with van der Waals surface area (Å²) in [5.41, 5.74) is 3.62. The number of imide groups is 1. The number of amides is 3. The molecule has 1 aromatic carbocycles. The lowest BCUT2D eigenvalue weighted by molar-refractivity contribution is -0.133. The number of ketones is 1. The Labute approximate surface area is 177 Å². The van der Waals surface area contributed by atoms with Gasteiger partial charge in [0.2, 0.25) is 0 Å². The standard InChI is InChI=1S/C24H29N3O3/c1-15-8-10-19(11-9-15)27-17(3)13-20(18(27)4)21(28)14-26-22(29)24(25-23(26)30)12-6-5-7-16(24)2/h8-11,13,16H,5-7,12,14H2,1-4H3,(H,25,30)/t16-,24-/m1/s1. The normalized spacial score (nSPS) is 23.9. The van der Waals surface area contributed by atoms with Crippen LogP contribution in [-0.2, 0) is 4.79 Å².